The number of aromatic nitrogens is 1. The second kappa shape index (κ2) is 6.67. The molecule has 1 aliphatic carbocycles. The van der Waals surface area contributed by atoms with Crippen LogP contribution in [0.5, 0.6) is 0 Å². The van der Waals surface area contributed by atoms with E-state index in [-0.39, 0.29) is 0 Å². The zero-order chi connectivity index (χ0) is 13.0. The molecule has 0 radical (unpaired) electrons. The number of nitrogens with one attached hydrogen (secondary N) is 1. The Bertz CT molecular complexity index is 353. The van der Waals surface area contributed by atoms with E-state index in [9.17, 15) is 0 Å². The van der Waals surface area contributed by atoms with Crippen molar-refractivity contribution in [3.05, 3.63) is 16.1 Å². The smallest absolute Gasteiger partial charge is 0.110 e. The minimum atomic E-state index is 0.465. The lowest BCUT2D eigenvalue weighted by atomic mass is 9.85. The topological polar surface area (TPSA) is 24.9 Å². The first kappa shape index (κ1) is 14.0. The number of hydrogen-bond donors (Lipinski definition) is 1. The molecule has 1 aromatic heterocycles. The molecule has 1 N–H and O–H groups in total. The minimum absolute atomic E-state index is 0.465. The molecular formula is C15H26N2S. The van der Waals surface area contributed by atoms with Gasteiger partial charge in [0, 0.05) is 17.1 Å². The Morgan fingerprint density at radius 1 is 1.33 bits per heavy atom. The maximum Gasteiger partial charge on any atom is 0.110 e. The fourth-order valence-electron chi connectivity index (χ4n) is 2.93. The predicted molar refractivity (Wildman–Crippen MR) is 79.1 cm³/mol. The summed E-state index contributed by atoms with van der Waals surface area (Å²) >= 11 is 1.81. The van der Waals surface area contributed by atoms with E-state index in [4.69, 9.17) is 0 Å². The molecule has 1 heterocycles. The summed E-state index contributed by atoms with van der Waals surface area (Å²) in [5.41, 5.74) is 1.16. The highest BCUT2D eigenvalue weighted by molar-refractivity contribution is 7.09. The maximum absolute atomic E-state index is 4.69. The van der Waals surface area contributed by atoms with Gasteiger partial charge in [-0.3, -0.25) is 0 Å². The molecule has 0 saturated heterocycles. The van der Waals surface area contributed by atoms with Crippen molar-refractivity contribution < 1.29 is 0 Å². The number of thiazole rings is 1. The first-order chi connectivity index (χ1) is 8.65. The first-order valence-electron chi connectivity index (χ1n) is 7.33. The molecule has 0 amide bonds. The summed E-state index contributed by atoms with van der Waals surface area (Å²) in [4.78, 5) is 4.69. The van der Waals surface area contributed by atoms with Crippen LogP contribution in [0, 0.1) is 12.8 Å². The maximum atomic E-state index is 4.69. The van der Waals surface area contributed by atoms with Gasteiger partial charge in [0.2, 0.25) is 0 Å². The van der Waals surface area contributed by atoms with E-state index in [0.29, 0.717) is 12.1 Å². The Kier molecular flexibility index (Phi) is 5.19. The molecule has 1 atom stereocenters. The number of aryl methyl sites for hydroxylation is 1. The summed E-state index contributed by atoms with van der Waals surface area (Å²) in [6.07, 6.45) is 8.40. The highest BCUT2D eigenvalue weighted by atomic mass is 32.1. The van der Waals surface area contributed by atoms with Gasteiger partial charge in [0.05, 0.1) is 6.04 Å². The quantitative estimate of drug-likeness (QED) is 0.851. The lowest BCUT2D eigenvalue weighted by Crippen LogP contribution is -2.30. The predicted octanol–water partition coefficient (Wildman–Crippen LogP) is 4.46. The zero-order valence-corrected chi connectivity index (χ0v) is 12.7. The fraction of sp³-hybridized carbons (Fsp3) is 0.800. The van der Waals surface area contributed by atoms with Gasteiger partial charge in [0.1, 0.15) is 5.01 Å². The molecule has 102 valence electrons. The summed E-state index contributed by atoms with van der Waals surface area (Å²) in [6.45, 7) is 6.55. The summed E-state index contributed by atoms with van der Waals surface area (Å²) in [6, 6.07) is 0.995. The summed E-state index contributed by atoms with van der Waals surface area (Å²) in [7, 11) is 0. The van der Waals surface area contributed by atoms with Crippen molar-refractivity contribution >= 4 is 11.3 Å². The average molecular weight is 266 g/mol. The average Bonchev–Trinajstić information content (AvgIpc) is 2.76. The van der Waals surface area contributed by atoms with Crippen molar-refractivity contribution in [2.24, 2.45) is 5.92 Å². The van der Waals surface area contributed by atoms with E-state index in [1.807, 2.05) is 11.3 Å². The highest BCUT2D eigenvalue weighted by Gasteiger charge is 2.22. The van der Waals surface area contributed by atoms with Crippen LogP contribution in [-0.4, -0.2) is 11.0 Å². The standard InChI is InChI=1S/C15H26N2S/c1-11(2)16-14(15-17-12(3)10-18-15)9-13-7-5-4-6-8-13/h10-11,13-14,16H,4-9H2,1-3H3. The largest absolute Gasteiger partial charge is 0.306 e. The summed E-state index contributed by atoms with van der Waals surface area (Å²) in [5, 5.41) is 7.16. The zero-order valence-electron chi connectivity index (χ0n) is 11.9. The molecule has 2 nitrogen and oxygen atoms in total. The van der Waals surface area contributed by atoms with E-state index in [0.717, 1.165) is 11.6 Å². The van der Waals surface area contributed by atoms with E-state index < -0.39 is 0 Å². The molecule has 1 fully saturated rings. The molecule has 0 aliphatic heterocycles. The number of hydrogen-bond acceptors (Lipinski definition) is 3. The summed E-state index contributed by atoms with van der Waals surface area (Å²) in [5.74, 6) is 0.902. The van der Waals surface area contributed by atoms with Gasteiger partial charge >= 0.3 is 0 Å². The van der Waals surface area contributed by atoms with Crippen molar-refractivity contribution in [3.8, 4) is 0 Å². The number of rotatable bonds is 5. The van der Waals surface area contributed by atoms with Crippen LogP contribution in [0.4, 0.5) is 0 Å². The highest BCUT2D eigenvalue weighted by Crippen LogP contribution is 2.33. The first-order valence-corrected chi connectivity index (χ1v) is 8.21. The van der Waals surface area contributed by atoms with Gasteiger partial charge < -0.3 is 5.32 Å². The van der Waals surface area contributed by atoms with E-state index in [2.05, 4.69) is 36.5 Å². The molecule has 3 heteroatoms. The fourth-order valence-corrected chi connectivity index (χ4v) is 3.80. The Morgan fingerprint density at radius 2 is 2.06 bits per heavy atom. The lowest BCUT2D eigenvalue weighted by Gasteiger charge is -2.27. The number of nitrogens with zero attached hydrogens (tertiary/aromatic N) is 1. The van der Waals surface area contributed by atoms with Crippen LogP contribution >= 0.6 is 11.3 Å². The van der Waals surface area contributed by atoms with Crippen molar-refractivity contribution in [2.45, 2.75) is 71.4 Å². The van der Waals surface area contributed by atoms with Gasteiger partial charge in [0.25, 0.3) is 0 Å². The van der Waals surface area contributed by atoms with Crippen LogP contribution in [0.1, 0.15) is 69.1 Å². The second-order valence-electron chi connectivity index (χ2n) is 5.94. The van der Waals surface area contributed by atoms with Gasteiger partial charge in [-0.2, -0.15) is 0 Å². The lowest BCUT2D eigenvalue weighted by molar-refractivity contribution is 0.292. The monoisotopic (exact) mass is 266 g/mol. The van der Waals surface area contributed by atoms with Gasteiger partial charge in [0.15, 0.2) is 0 Å². The Balaban J connectivity index is 2.00. The second-order valence-corrected chi connectivity index (χ2v) is 6.83. The molecule has 2 rings (SSSR count). The van der Waals surface area contributed by atoms with Crippen LogP contribution < -0.4 is 5.32 Å². The molecule has 0 bridgehead atoms. The van der Waals surface area contributed by atoms with E-state index in [1.54, 1.807) is 0 Å². The SMILES string of the molecule is Cc1csc(C(CC2CCCCC2)NC(C)C)n1. The third kappa shape index (κ3) is 4.06. The van der Waals surface area contributed by atoms with Crippen molar-refractivity contribution in [1.82, 2.24) is 10.3 Å². The van der Waals surface area contributed by atoms with E-state index in [1.165, 1.54) is 43.5 Å². The molecule has 18 heavy (non-hydrogen) atoms. The van der Waals surface area contributed by atoms with Crippen LogP contribution in [0.25, 0.3) is 0 Å². The van der Waals surface area contributed by atoms with Crippen molar-refractivity contribution in [2.75, 3.05) is 0 Å². The molecule has 0 spiro atoms. The van der Waals surface area contributed by atoms with E-state index >= 15 is 0 Å². The third-order valence-corrected chi connectivity index (χ3v) is 4.84. The molecule has 1 aliphatic rings. The van der Waals surface area contributed by atoms with Gasteiger partial charge in [-0.15, -0.1) is 11.3 Å². The van der Waals surface area contributed by atoms with Gasteiger partial charge in [-0.05, 0) is 19.3 Å². The van der Waals surface area contributed by atoms with Crippen LogP contribution in [0.15, 0.2) is 5.38 Å². The Labute approximate surface area is 115 Å². The molecule has 1 aromatic rings. The van der Waals surface area contributed by atoms with Crippen molar-refractivity contribution in [3.63, 3.8) is 0 Å². The van der Waals surface area contributed by atoms with Crippen LogP contribution in [0.2, 0.25) is 0 Å². The van der Waals surface area contributed by atoms with Gasteiger partial charge in [-0.1, -0.05) is 46.0 Å². The molecule has 1 saturated carbocycles. The Hall–Kier alpha value is -0.410. The summed E-state index contributed by atoms with van der Waals surface area (Å²) < 4.78 is 0. The van der Waals surface area contributed by atoms with Crippen LogP contribution in [0.3, 0.4) is 0 Å². The van der Waals surface area contributed by atoms with Crippen molar-refractivity contribution in [1.29, 1.82) is 0 Å². The minimum Gasteiger partial charge on any atom is -0.306 e. The normalized spacial score (nSPS) is 19.3. The Morgan fingerprint density at radius 3 is 2.61 bits per heavy atom. The van der Waals surface area contributed by atoms with Gasteiger partial charge in [-0.25, -0.2) is 4.98 Å². The molecule has 1 unspecified atom stereocenters. The third-order valence-electron chi connectivity index (χ3n) is 3.76. The molecule has 0 aromatic carbocycles. The van der Waals surface area contributed by atoms with Crippen LogP contribution in [-0.2, 0) is 0 Å². The molecular weight excluding hydrogens is 240 g/mol.